The Balaban J connectivity index is 1.69. The van der Waals surface area contributed by atoms with Crippen LogP contribution in [0.2, 0.25) is 0 Å². The number of unbranched alkanes of at least 4 members (excludes halogenated alkanes) is 3. The molecular weight excluding hydrogens is 252 g/mol. The van der Waals surface area contributed by atoms with Gasteiger partial charge in [0.2, 0.25) is 5.91 Å². The minimum Gasteiger partial charge on any atom is -0.396 e. The molecule has 0 radical (unpaired) electrons. The smallest absolute Gasteiger partial charge is 0.237 e. The summed E-state index contributed by atoms with van der Waals surface area (Å²) in [6.07, 6.45) is 4.69. The van der Waals surface area contributed by atoms with E-state index in [0.717, 1.165) is 45.2 Å². The zero-order valence-electron chi connectivity index (χ0n) is 11.9. The maximum absolute atomic E-state index is 12.1. The van der Waals surface area contributed by atoms with Crippen molar-refractivity contribution in [3.63, 3.8) is 0 Å². The van der Waals surface area contributed by atoms with Crippen LogP contribution in [-0.4, -0.2) is 30.2 Å². The van der Waals surface area contributed by atoms with Gasteiger partial charge in [0.05, 0.1) is 6.04 Å². The Hall–Kier alpha value is -1.39. The first kappa shape index (κ1) is 15.0. The zero-order valence-corrected chi connectivity index (χ0v) is 11.9. The highest BCUT2D eigenvalue weighted by atomic mass is 16.2. The second kappa shape index (κ2) is 8.02. The van der Waals surface area contributed by atoms with Crippen molar-refractivity contribution in [3.05, 3.63) is 35.4 Å². The normalized spacial score (nSPS) is 17.6. The quantitative estimate of drug-likeness (QED) is 0.659. The Bertz CT molecular complexity index is 434. The summed E-state index contributed by atoms with van der Waals surface area (Å²) in [5.41, 5.74) is 2.56. The van der Waals surface area contributed by atoms with Gasteiger partial charge in [0.15, 0.2) is 0 Å². The number of hydrogen-bond donors (Lipinski definition) is 3. The molecule has 0 fully saturated rings. The number of fused-ring (bicyclic) bond motifs is 1. The van der Waals surface area contributed by atoms with Crippen LogP contribution < -0.4 is 10.6 Å². The van der Waals surface area contributed by atoms with Gasteiger partial charge in [-0.1, -0.05) is 37.1 Å². The van der Waals surface area contributed by atoms with Crippen LogP contribution in [0.3, 0.4) is 0 Å². The average molecular weight is 276 g/mol. The van der Waals surface area contributed by atoms with Crippen LogP contribution in [0.5, 0.6) is 0 Å². The number of nitrogens with one attached hydrogen (secondary N) is 2. The van der Waals surface area contributed by atoms with E-state index in [2.05, 4.69) is 22.8 Å². The van der Waals surface area contributed by atoms with E-state index in [1.807, 2.05) is 12.1 Å². The highest BCUT2D eigenvalue weighted by Crippen LogP contribution is 2.16. The van der Waals surface area contributed by atoms with Gasteiger partial charge in [-0.3, -0.25) is 4.79 Å². The fourth-order valence-electron chi connectivity index (χ4n) is 2.56. The maximum atomic E-state index is 12.1. The van der Waals surface area contributed by atoms with Crippen molar-refractivity contribution in [3.8, 4) is 0 Å². The molecule has 20 heavy (non-hydrogen) atoms. The van der Waals surface area contributed by atoms with E-state index in [1.165, 1.54) is 11.1 Å². The highest BCUT2D eigenvalue weighted by Gasteiger charge is 2.23. The molecule has 0 bridgehead atoms. The Labute approximate surface area is 120 Å². The molecule has 0 saturated heterocycles. The molecule has 0 aromatic heterocycles. The second-order valence-corrected chi connectivity index (χ2v) is 5.34. The van der Waals surface area contributed by atoms with Crippen molar-refractivity contribution in [1.82, 2.24) is 10.6 Å². The Morgan fingerprint density at radius 1 is 1.20 bits per heavy atom. The molecule has 1 atom stereocenters. The summed E-state index contributed by atoms with van der Waals surface area (Å²) >= 11 is 0. The molecule has 1 amide bonds. The van der Waals surface area contributed by atoms with E-state index < -0.39 is 0 Å². The van der Waals surface area contributed by atoms with Crippen LogP contribution in [0.1, 0.15) is 36.8 Å². The Morgan fingerprint density at radius 3 is 2.75 bits per heavy atom. The number of benzene rings is 1. The molecule has 0 aliphatic carbocycles. The van der Waals surface area contributed by atoms with Crippen molar-refractivity contribution >= 4 is 5.91 Å². The first-order valence-corrected chi connectivity index (χ1v) is 7.50. The first-order chi connectivity index (χ1) is 9.81. The van der Waals surface area contributed by atoms with Crippen LogP contribution in [0.15, 0.2) is 24.3 Å². The van der Waals surface area contributed by atoms with Crippen LogP contribution in [0, 0.1) is 0 Å². The third-order valence-electron chi connectivity index (χ3n) is 3.78. The maximum Gasteiger partial charge on any atom is 0.237 e. The lowest BCUT2D eigenvalue weighted by Crippen LogP contribution is -2.47. The van der Waals surface area contributed by atoms with Crippen LogP contribution in [0.4, 0.5) is 0 Å². The number of aliphatic hydroxyl groups is 1. The number of amides is 1. The van der Waals surface area contributed by atoms with Gasteiger partial charge in [-0.15, -0.1) is 0 Å². The molecule has 1 aliphatic rings. The molecule has 2 rings (SSSR count). The summed E-state index contributed by atoms with van der Waals surface area (Å²) < 4.78 is 0. The molecule has 4 heteroatoms. The van der Waals surface area contributed by atoms with Crippen LogP contribution >= 0.6 is 0 Å². The number of carbonyl (C=O) groups is 1. The van der Waals surface area contributed by atoms with Gasteiger partial charge in [0.1, 0.15) is 0 Å². The van der Waals surface area contributed by atoms with Gasteiger partial charge in [-0.25, -0.2) is 0 Å². The van der Waals surface area contributed by atoms with Crippen molar-refractivity contribution < 1.29 is 9.90 Å². The predicted molar refractivity (Wildman–Crippen MR) is 79.3 cm³/mol. The lowest BCUT2D eigenvalue weighted by molar-refractivity contribution is -0.123. The van der Waals surface area contributed by atoms with E-state index in [1.54, 1.807) is 0 Å². The average Bonchev–Trinajstić information content (AvgIpc) is 2.50. The standard InChI is InChI=1S/C16H24N2O2/c19-10-6-2-1-5-9-17-16(20)15-11-13-7-3-4-8-14(13)12-18-15/h3-4,7-8,15,18-19H,1-2,5-6,9-12H2,(H,17,20). The summed E-state index contributed by atoms with van der Waals surface area (Å²) in [7, 11) is 0. The summed E-state index contributed by atoms with van der Waals surface area (Å²) in [6.45, 7) is 1.76. The highest BCUT2D eigenvalue weighted by molar-refractivity contribution is 5.82. The van der Waals surface area contributed by atoms with Gasteiger partial charge in [0.25, 0.3) is 0 Å². The van der Waals surface area contributed by atoms with E-state index in [-0.39, 0.29) is 18.6 Å². The molecule has 110 valence electrons. The van der Waals surface area contributed by atoms with Crippen molar-refractivity contribution in [2.75, 3.05) is 13.2 Å². The van der Waals surface area contributed by atoms with Gasteiger partial charge < -0.3 is 15.7 Å². The third-order valence-corrected chi connectivity index (χ3v) is 3.78. The van der Waals surface area contributed by atoms with E-state index in [9.17, 15) is 4.79 Å². The topological polar surface area (TPSA) is 61.4 Å². The minimum absolute atomic E-state index is 0.0988. The van der Waals surface area contributed by atoms with Crippen molar-refractivity contribution in [1.29, 1.82) is 0 Å². The number of aliphatic hydroxyl groups excluding tert-OH is 1. The SMILES string of the molecule is O=C(NCCCCCCO)C1Cc2ccccc2CN1. The van der Waals surface area contributed by atoms with E-state index in [4.69, 9.17) is 5.11 Å². The molecule has 1 aliphatic heterocycles. The fraction of sp³-hybridized carbons (Fsp3) is 0.562. The number of hydrogen-bond acceptors (Lipinski definition) is 3. The molecule has 0 saturated carbocycles. The van der Waals surface area contributed by atoms with Gasteiger partial charge in [-0.05, 0) is 30.4 Å². The first-order valence-electron chi connectivity index (χ1n) is 7.50. The number of carbonyl (C=O) groups excluding carboxylic acids is 1. The Morgan fingerprint density at radius 2 is 1.95 bits per heavy atom. The number of rotatable bonds is 7. The second-order valence-electron chi connectivity index (χ2n) is 5.34. The lowest BCUT2D eigenvalue weighted by Gasteiger charge is -2.25. The zero-order chi connectivity index (χ0) is 14.2. The summed E-state index contributed by atoms with van der Waals surface area (Å²) in [4.78, 5) is 12.1. The Kier molecular flexibility index (Phi) is 6.02. The van der Waals surface area contributed by atoms with Gasteiger partial charge >= 0.3 is 0 Å². The predicted octanol–water partition coefficient (Wildman–Crippen LogP) is 1.37. The van der Waals surface area contributed by atoms with E-state index in [0.29, 0.717) is 0 Å². The largest absolute Gasteiger partial charge is 0.396 e. The van der Waals surface area contributed by atoms with Crippen LogP contribution in [0.25, 0.3) is 0 Å². The van der Waals surface area contributed by atoms with Crippen LogP contribution in [-0.2, 0) is 17.8 Å². The molecular formula is C16H24N2O2. The molecule has 1 heterocycles. The summed E-state index contributed by atoms with van der Waals surface area (Å²) in [5.74, 6) is 0.0988. The summed E-state index contributed by atoms with van der Waals surface area (Å²) in [6, 6.07) is 8.17. The molecule has 0 spiro atoms. The van der Waals surface area contributed by atoms with E-state index >= 15 is 0 Å². The molecule has 1 aromatic carbocycles. The third kappa shape index (κ3) is 4.32. The monoisotopic (exact) mass is 276 g/mol. The van der Waals surface area contributed by atoms with Crippen molar-refractivity contribution in [2.24, 2.45) is 0 Å². The molecule has 1 unspecified atom stereocenters. The van der Waals surface area contributed by atoms with Gasteiger partial charge in [-0.2, -0.15) is 0 Å². The lowest BCUT2D eigenvalue weighted by atomic mass is 9.95. The summed E-state index contributed by atoms with van der Waals surface area (Å²) in [5, 5.41) is 15.0. The van der Waals surface area contributed by atoms with Gasteiger partial charge in [0, 0.05) is 19.7 Å². The minimum atomic E-state index is -0.109. The fourth-order valence-corrected chi connectivity index (χ4v) is 2.56. The molecule has 1 aromatic rings. The molecule has 3 N–H and O–H groups in total. The molecule has 4 nitrogen and oxygen atoms in total. The van der Waals surface area contributed by atoms with Crippen molar-refractivity contribution in [2.45, 2.75) is 44.7 Å².